The number of quaternary nitrogens is 1. The van der Waals surface area contributed by atoms with E-state index in [4.69, 9.17) is 4.74 Å². The highest BCUT2D eigenvalue weighted by atomic mass is 35.5. The zero-order valence-electron chi connectivity index (χ0n) is 15.8. The van der Waals surface area contributed by atoms with E-state index >= 15 is 0 Å². The van der Waals surface area contributed by atoms with Gasteiger partial charge in [-0.15, -0.1) is 12.4 Å². The molecule has 0 unspecified atom stereocenters. The molecule has 1 aromatic rings. The second-order valence-corrected chi connectivity index (χ2v) is 6.70. The van der Waals surface area contributed by atoms with Crippen molar-refractivity contribution in [1.29, 1.82) is 0 Å². The van der Waals surface area contributed by atoms with Crippen molar-refractivity contribution >= 4 is 24.3 Å². The first-order valence-electron chi connectivity index (χ1n) is 9.16. The summed E-state index contributed by atoms with van der Waals surface area (Å²) in [4.78, 5) is 22.0. The number of nitrogens with one attached hydrogen (secondary N) is 1. The van der Waals surface area contributed by atoms with Crippen LogP contribution in [0.25, 0.3) is 0 Å². The van der Waals surface area contributed by atoms with E-state index in [0.717, 1.165) is 30.6 Å². The lowest BCUT2D eigenvalue weighted by molar-refractivity contribution is -0.898. The van der Waals surface area contributed by atoms with Gasteiger partial charge in [0.05, 0.1) is 19.7 Å². The van der Waals surface area contributed by atoms with E-state index in [-0.39, 0.29) is 29.6 Å². The number of ether oxygens (including phenoxy) is 2. The molecule has 1 fully saturated rings. The number of hydrogen-bond acceptors (Lipinski definition) is 5. The lowest BCUT2D eigenvalue weighted by atomic mass is 10.1. The molecular weight excluding hydrogens is 372 g/mol. The van der Waals surface area contributed by atoms with Crippen molar-refractivity contribution < 1.29 is 23.7 Å². The largest absolute Gasteiger partial charge is 0.633 e. The van der Waals surface area contributed by atoms with Crippen LogP contribution in [0.15, 0.2) is 24.3 Å². The molecule has 1 heterocycles. The van der Waals surface area contributed by atoms with Gasteiger partial charge in [-0.1, -0.05) is 12.1 Å². The van der Waals surface area contributed by atoms with Crippen LogP contribution in [-0.4, -0.2) is 49.4 Å². The molecule has 1 aromatic carbocycles. The van der Waals surface area contributed by atoms with Crippen LogP contribution in [0.2, 0.25) is 0 Å². The van der Waals surface area contributed by atoms with Gasteiger partial charge in [0.25, 0.3) is 5.91 Å². The lowest BCUT2D eigenvalue weighted by Gasteiger charge is -2.45. The minimum absolute atomic E-state index is 0. The number of hydrogen-bond donors (Lipinski definition) is 1. The van der Waals surface area contributed by atoms with Crippen LogP contribution in [0.4, 0.5) is 0 Å². The molecule has 0 bridgehead atoms. The standard InChI is InChI=1S/C19H28N2O5.ClH/c1-16(22)26-15-19(23)20-9-6-12-25-18-8-5-7-17(13-18)14-21(24)10-3-2-4-11-21;/h5,7-8,13H,2-4,6,9-12,14-15H2,1H3,(H,20,23);1H. The van der Waals surface area contributed by atoms with Crippen LogP contribution >= 0.6 is 12.4 Å². The molecule has 0 aromatic heterocycles. The maximum Gasteiger partial charge on any atom is 0.303 e. The Morgan fingerprint density at radius 2 is 1.96 bits per heavy atom. The highest BCUT2D eigenvalue weighted by molar-refractivity contribution is 5.85. The minimum Gasteiger partial charge on any atom is -0.633 e. The number of benzene rings is 1. The number of amides is 1. The molecule has 27 heavy (non-hydrogen) atoms. The van der Waals surface area contributed by atoms with Gasteiger partial charge in [-0.3, -0.25) is 9.59 Å². The van der Waals surface area contributed by atoms with Crippen molar-refractivity contribution in [2.24, 2.45) is 0 Å². The summed E-state index contributed by atoms with van der Waals surface area (Å²) in [5.41, 5.74) is 0.995. The van der Waals surface area contributed by atoms with E-state index in [9.17, 15) is 14.8 Å². The van der Waals surface area contributed by atoms with Crippen molar-refractivity contribution in [3.05, 3.63) is 35.0 Å². The number of esters is 1. The number of rotatable bonds is 9. The maximum absolute atomic E-state index is 12.7. The molecular formula is C19H29ClN2O5. The van der Waals surface area contributed by atoms with Gasteiger partial charge in [-0.2, -0.15) is 0 Å². The van der Waals surface area contributed by atoms with Crippen LogP contribution in [0.3, 0.4) is 0 Å². The fourth-order valence-electron chi connectivity index (χ4n) is 3.02. The van der Waals surface area contributed by atoms with E-state index in [0.29, 0.717) is 39.2 Å². The fourth-order valence-corrected chi connectivity index (χ4v) is 3.02. The first kappa shape index (κ1) is 23.2. The third-order valence-electron chi connectivity index (χ3n) is 4.32. The number of likely N-dealkylation sites (tertiary alicyclic amines) is 1. The maximum atomic E-state index is 12.7. The van der Waals surface area contributed by atoms with E-state index in [1.165, 1.54) is 6.92 Å². The summed E-state index contributed by atoms with van der Waals surface area (Å²) >= 11 is 0. The topological polar surface area (TPSA) is 87.7 Å². The molecule has 1 amide bonds. The average molecular weight is 401 g/mol. The molecule has 8 heteroatoms. The smallest absolute Gasteiger partial charge is 0.303 e. The highest BCUT2D eigenvalue weighted by Gasteiger charge is 2.21. The Morgan fingerprint density at radius 1 is 1.22 bits per heavy atom. The zero-order chi connectivity index (χ0) is 18.8. The number of carbonyl (C=O) groups is 2. The summed E-state index contributed by atoms with van der Waals surface area (Å²) in [5, 5.41) is 15.3. The second kappa shape index (κ2) is 11.8. The van der Waals surface area contributed by atoms with Crippen LogP contribution in [0, 0.1) is 5.21 Å². The van der Waals surface area contributed by atoms with Gasteiger partial charge < -0.3 is 24.6 Å². The average Bonchev–Trinajstić information content (AvgIpc) is 2.60. The number of hydroxylamine groups is 3. The molecule has 152 valence electrons. The molecule has 0 atom stereocenters. The van der Waals surface area contributed by atoms with Gasteiger partial charge in [0.1, 0.15) is 12.3 Å². The van der Waals surface area contributed by atoms with Gasteiger partial charge >= 0.3 is 5.97 Å². The van der Waals surface area contributed by atoms with Crippen molar-refractivity contribution in [1.82, 2.24) is 5.32 Å². The van der Waals surface area contributed by atoms with Gasteiger partial charge in [-0.05, 0) is 37.8 Å². The number of carbonyl (C=O) groups excluding carboxylic acids is 2. The molecule has 0 saturated carbocycles. The Bertz CT molecular complexity index is 606. The van der Waals surface area contributed by atoms with E-state index in [1.807, 2.05) is 24.3 Å². The van der Waals surface area contributed by atoms with Crippen molar-refractivity contribution in [2.75, 3.05) is 32.8 Å². The van der Waals surface area contributed by atoms with E-state index in [2.05, 4.69) is 10.1 Å². The monoisotopic (exact) mass is 400 g/mol. The Kier molecular flexibility index (Phi) is 10.1. The number of nitrogens with zero attached hydrogens (tertiary/aromatic N) is 1. The Balaban J connectivity index is 0.00000364. The Morgan fingerprint density at radius 3 is 2.67 bits per heavy atom. The summed E-state index contributed by atoms with van der Waals surface area (Å²) in [6, 6.07) is 7.66. The minimum atomic E-state index is -0.477. The van der Waals surface area contributed by atoms with Crippen LogP contribution in [0.5, 0.6) is 5.75 Å². The second-order valence-electron chi connectivity index (χ2n) is 6.70. The van der Waals surface area contributed by atoms with E-state index < -0.39 is 5.97 Å². The summed E-state index contributed by atoms with van der Waals surface area (Å²) in [7, 11) is 0. The predicted octanol–water partition coefficient (Wildman–Crippen LogP) is 2.56. The Labute approximate surface area is 166 Å². The molecule has 0 radical (unpaired) electrons. The molecule has 0 aliphatic carbocycles. The lowest BCUT2D eigenvalue weighted by Crippen LogP contribution is -2.45. The summed E-state index contributed by atoms with van der Waals surface area (Å²) in [6.45, 7) is 3.78. The molecule has 7 nitrogen and oxygen atoms in total. The van der Waals surface area contributed by atoms with E-state index in [1.54, 1.807) is 0 Å². The van der Waals surface area contributed by atoms with Crippen LogP contribution in [0.1, 0.15) is 38.2 Å². The Hall–Kier alpha value is -1.83. The third kappa shape index (κ3) is 9.08. The third-order valence-corrected chi connectivity index (χ3v) is 4.32. The summed E-state index contributed by atoms with van der Waals surface area (Å²) in [5.74, 6) is -0.0689. The highest BCUT2D eigenvalue weighted by Crippen LogP contribution is 2.23. The molecule has 1 saturated heterocycles. The number of piperidine rings is 1. The predicted molar refractivity (Wildman–Crippen MR) is 104 cm³/mol. The molecule has 1 N–H and O–H groups in total. The van der Waals surface area contributed by atoms with Crippen molar-refractivity contribution in [2.45, 2.75) is 39.2 Å². The molecule has 1 aliphatic rings. The summed E-state index contributed by atoms with van der Waals surface area (Å²) in [6.07, 6.45) is 3.80. The van der Waals surface area contributed by atoms with Gasteiger partial charge in [-0.25, -0.2) is 0 Å². The normalized spacial score (nSPS) is 15.3. The van der Waals surface area contributed by atoms with Crippen molar-refractivity contribution in [3.63, 3.8) is 0 Å². The van der Waals surface area contributed by atoms with Crippen molar-refractivity contribution in [3.8, 4) is 5.75 Å². The summed E-state index contributed by atoms with van der Waals surface area (Å²) < 4.78 is 10.2. The van der Waals surface area contributed by atoms with Gasteiger partial charge in [0, 0.05) is 19.0 Å². The molecule has 2 rings (SSSR count). The molecule has 0 spiro atoms. The number of halogens is 1. The first-order chi connectivity index (χ1) is 12.5. The van der Waals surface area contributed by atoms with Gasteiger partial charge in [0.2, 0.25) is 0 Å². The quantitative estimate of drug-likeness (QED) is 0.298. The van der Waals surface area contributed by atoms with Crippen LogP contribution in [-0.2, 0) is 20.9 Å². The fraction of sp³-hybridized carbons (Fsp3) is 0.579. The van der Waals surface area contributed by atoms with Crippen LogP contribution < -0.4 is 10.1 Å². The first-order valence-corrected chi connectivity index (χ1v) is 9.16. The van der Waals surface area contributed by atoms with Gasteiger partial charge in [0.15, 0.2) is 6.61 Å². The zero-order valence-corrected chi connectivity index (χ0v) is 16.6. The SMILES string of the molecule is CC(=O)OCC(=O)NCCCOc1cccc(C[N+]2([O-])CCCCC2)c1.Cl. The molecule has 1 aliphatic heterocycles.